The van der Waals surface area contributed by atoms with Gasteiger partial charge in [0.25, 0.3) is 5.91 Å². The molecule has 1 aromatic heterocycles. The molecule has 58 heavy (non-hydrogen) atoms. The minimum absolute atomic E-state index is 0.0244. The van der Waals surface area contributed by atoms with Crippen molar-refractivity contribution in [1.82, 2.24) is 9.80 Å². The predicted molar refractivity (Wildman–Crippen MR) is 214 cm³/mol. The number of benzene rings is 3. The maximum atomic E-state index is 15.4. The average Bonchev–Trinajstić information content (AvgIpc) is 3.22. The molecule has 0 saturated carbocycles. The lowest BCUT2D eigenvalue weighted by Crippen LogP contribution is -2.63. The fourth-order valence-corrected chi connectivity index (χ4v) is 9.49. The monoisotopic (exact) mass is 835 g/mol. The lowest BCUT2D eigenvalue weighted by atomic mass is 9.70. The summed E-state index contributed by atoms with van der Waals surface area (Å²) in [6, 6.07) is 17.7. The third-order valence-corrected chi connectivity index (χ3v) is 12.5. The van der Waals surface area contributed by atoms with Crippen LogP contribution in [0, 0.1) is 11.7 Å². The third kappa shape index (κ3) is 8.12. The normalized spacial score (nSPS) is 21.9. The van der Waals surface area contributed by atoms with Crippen LogP contribution < -0.4 is 19.1 Å². The van der Waals surface area contributed by atoms with E-state index in [2.05, 4.69) is 4.90 Å². The van der Waals surface area contributed by atoms with Crippen molar-refractivity contribution in [3.63, 3.8) is 0 Å². The van der Waals surface area contributed by atoms with Gasteiger partial charge in [0.05, 0.1) is 26.5 Å². The summed E-state index contributed by atoms with van der Waals surface area (Å²) >= 11 is 13.3. The number of nitrogens with zero attached hydrogens (tertiary/aromatic N) is 4. The summed E-state index contributed by atoms with van der Waals surface area (Å²) in [5.74, 6) is -2.28. The molecule has 0 aliphatic carbocycles. The zero-order valence-corrected chi connectivity index (χ0v) is 33.8. The van der Waals surface area contributed by atoms with Crippen molar-refractivity contribution in [3.05, 3.63) is 117 Å². The van der Waals surface area contributed by atoms with Crippen LogP contribution in [-0.4, -0.2) is 90.1 Å². The number of carbonyl (C=O) groups excluding carboxylic acids is 2. The Kier molecular flexibility index (Phi) is 12.3. The molecule has 4 aromatic rings. The van der Waals surface area contributed by atoms with Gasteiger partial charge in [-0.05, 0) is 105 Å². The summed E-state index contributed by atoms with van der Waals surface area (Å²) in [5.41, 5.74) is -0.173. The molecule has 4 fully saturated rings. The molecule has 12 nitrogen and oxygen atoms in total. The highest BCUT2D eigenvalue weighted by Gasteiger charge is 2.54. The number of methoxy groups -OCH3 is 2. The van der Waals surface area contributed by atoms with E-state index in [1.54, 1.807) is 54.6 Å². The molecule has 3 aromatic carbocycles. The number of hydrogen-bond acceptors (Lipinski definition) is 8. The van der Waals surface area contributed by atoms with E-state index in [0.29, 0.717) is 47.6 Å². The van der Waals surface area contributed by atoms with Gasteiger partial charge in [-0.25, -0.2) is 14.0 Å². The summed E-state index contributed by atoms with van der Waals surface area (Å²) in [7, 11) is 2.97. The molecule has 306 valence electrons. The number of carboxylic acid groups (broad SMARTS) is 1. The summed E-state index contributed by atoms with van der Waals surface area (Å²) in [5, 5.41) is 21.7. The molecule has 2 bridgehead atoms. The standard InChI is InChI=1S/C43H45Cl2FN4O8/c1-56-37-13-12-29(21-38(37)57-2)32(22-31-33(44)24-48(55)25-34(31)45)43(41(52)53)16-5-6-17-50(43)40(51)30-9-7-8-27(20-30)23-49(36-11-4-3-10-35(36)46)42(54)58-39-26-47-18-14-28(39)15-19-47/h3-4,7-13,20-21,24-25,28,32,39H,5-6,14-19,22-23,26H2,1-2H3,(H-,52,53,55)/p+1/t32-,39-,43-/m0/s1. The number of carbonyl (C=O) groups is 3. The number of fused-ring (bicyclic) bond motifs is 3. The highest BCUT2D eigenvalue weighted by Crippen LogP contribution is 2.47. The van der Waals surface area contributed by atoms with Crippen molar-refractivity contribution >= 4 is 46.9 Å². The van der Waals surface area contributed by atoms with Crippen molar-refractivity contribution in [2.24, 2.45) is 5.92 Å². The van der Waals surface area contributed by atoms with Gasteiger partial charge < -0.3 is 24.2 Å². The van der Waals surface area contributed by atoms with Crippen molar-refractivity contribution in [2.75, 3.05) is 45.3 Å². The van der Waals surface area contributed by atoms with E-state index in [4.69, 9.17) is 37.4 Å². The summed E-state index contributed by atoms with van der Waals surface area (Å²) in [6.07, 6.45) is 4.49. The molecule has 8 rings (SSSR count). The molecule has 3 atom stereocenters. The van der Waals surface area contributed by atoms with Crippen LogP contribution in [0.25, 0.3) is 0 Å². The molecule has 0 radical (unpaired) electrons. The number of rotatable bonds is 12. The average molecular weight is 837 g/mol. The number of hydrogen-bond donors (Lipinski definition) is 2. The van der Waals surface area contributed by atoms with E-state index in [9.17, 15) is 24.7 Å². The van der Waals surface area contributed by atoms with Gasteiger partial charge in [-0.1, -0.05) is 53.5 Å². The van der Waals surface area contributed by atoms with Crippen LogP contribution in [0.4, 0.5) is 14.9 Å². The number of piperidine rings is 4. The summed E-state index contributed by atoms with van der Waals surface area (Å²) < 4.78 is 33.2. The zero-order valence-electron chi connectivity index (χ0n) is 32.3. The highest BCUT2D eigenvalue weighted by molar-refractivity contribution is 6.35. The molecular weight excluding hydrogens is 790 g/mol. The maximum absolute atomic E-state index is 15.4. The lowest BCUT2D eigenvalue weighted by molar-refractivity contribution is -0.904. The van der Waals surface area contributed by atoms with Gasteiger partial charge in [0.15, 0.2) is 11.5 Å². The number of likely N-dealkylation sites (tertiary alicyclic amines) is 1. The molecule has 0 unspecified atom stereocenters. The van der Waals surface area contributed by atoms with Gasteiger partial charge in [0, 0.05) is 34.9 Å². The van der Waals surface area contributed by atoms with Gasteiger partial charge in [-0.3, -0.25) is 19.8 Å². The number of ether oxygens (including phenoxy) is 3. The Morgan fingerprint density at radius 2 is 1.67 bits per heavy atom. The van der Waals surface area contributed by atoms with E-state index >= 15 is 4.39 Å². The van der Waals surface area contributed by atoms with Crippen LogP contribution in [0.1, 0.15) is 65.1 Å². The van der Waals surface area contributed by atoms with Crippen LogP contribution in [0.2, 0.25) is 10.0 Å². The van der Waals surface area contributed by atoms with Crippen LogP contribution in [0.15, 0.2) is 79.1 Å². The Bertz CT molecular complexity index is 2160. The first-order valence-electron chi connectivity index (χ1n) is 19.3. The Hall–Kier alpha value is -5.11. The molecule has 2 amide bonds. The number of pyridine rings is 1. The maximum Gasteiger partial charge on any atom is 0.415 e. The minimum atomic E-state index is -1.82. The van der Waals surface area contributed by atoms with Crippen LogP contribution >= 0.6 is 23.2 Å². The van der Waals surface area contributed by atoms with Crippen molar-refractivity contribution in [2.45, 2.75) is 62.6 Å². The van der Waals surface area contributed by atoms with Crippen LogP contribution in [0.3, 0.4) is 0 Å². The zero-order chi connectivity index (χ0) is 41.1. The fraction of sp³-hybridized carbons (Fsp3) is 0.395. The first-order chi connectivity index (χ1) is 27.9. The number of aliphatic carboxylic acids is 1. The Balaban J connectivity index is 1.25. The van der Waals surface area contributed by atoms with Crippen molar-refractivity contribution in [1.29, 1.82) is 0 Å². The Morgan fingerprint density at radius 3 is 2.33 bits per heavy atom. The number of carboxylic acids is 1. The quantitative estimate of drug-likeness (QED) is 0.111. The minimum Gasteiger partial charge on any atom is -0.493 e. The molecule has 2 N–H and O–H groups in total. The molecule has 0 spiro atoms. The first kappa shape index (κ1) is 41.1. The van der Waals surface area contributed by atoms with Crippen molar-refractivity contribution < 1.29 is 48.0 Å². The highest BCUT2D eigenvalue weighted by atomic mass is 35.5. The summed E-state index contributed by atoms with van der Waals surface area (Å²) in [6.45, 7) is 2.56. The smallest absolute Gasteiger partial charge is 0.415 e. The molecule has 4 aliphatic rings. The number of amides is 2. The number of halogens is 3. The number of anilines is 1. The Morgan fingerprint density at radius 1 is 0.948 bits per heavy atom. The van der Waals surface area contributed by atoms with Gasteiger partial charge in [-0.2, -0.15) is 0 Å². The SMILES string of the molecule is COc1ccc([C@H](Cc2c(Cl)c[n+](O)cc2Cl)[C@]2(C(=O)O)CCCCN2C(=O)c2cccc(CN(C(=O)O[C@H]3CN4CCC3CC4)c3ccccc3F)c2)cc1OC. The van der Waals surface area contributed by atoms with Crippen molar-refractivity contribution in [3.8, 4) is 11.5 Å². The predicted octanol–water partition coefficient (Wildman–Crippen LogP) is 7.39. The molecular formula is C43H46Cl2FN4O8+. The lowest BCUT2D eigenvalue weighted by Gasteiger charge is -2.49. The first-order valence-corrected chi connectivity index (χ1v) is 20.1. The van der Waals surface area contributed by atoms with Crippen LogP contribution in [-0.2, 0) is 22.5 Å². The fourth-order valence-electron chi connectivity index (χ4n) is 8.88. The van der Waals surface area contributed by atoms with E-state index in [1.165, 1.54) is 48.5 Å². The number of aromatic nitrogens is 1. The van der Waals surface area contributed by atoms with E-state index in [-0.39, 0.29) is 59.2 Å². The van der Waals surface area contributed by atoms with Gasteiger partial charge in [0.1, 0.15) is 27.5 Å². The van der Waals surface area contributed by atoms with Gasteiger partial charge in [0.2, 0.25) is 12.4 Å². The van der Waals surface area contributed by atoms with Crippen LogP contribution in [0.5, 0.6) is 11.5 Å². The van der Waals surface area contributed by atoms with Gasteiger partial charge >= 0.3 is 12.1 Å². The second-order valence-electron chi connectivity index (χ2n) is 15.1. The molecule has 4 saturated heterocycles. The second kappa shape index (κ2) is 17.4. The molecule has 15 heteroatoms. The van der Waals surface area contributed by atoms with Gasteiger partial charge in [-0.15, -0.1) is 0 Å². The van der Waals surface area contributed by atoms with E-state index in [0.717, 1.165) is 30.7 Å². The van der Waals surface area contributed by atoms with E-state index < -0.39 is 35.2 Å². The topological polar surface area (TPSA) is 133 Å². The second-order valence-corrected chi connectivity index (χ2v) is 15.9. The third-order valence-electron chi connectivity index (χ3n) is 11.9. The molecule has 4 aliphatic heterocycles. The Labute approximate surface area is 346 Å². The molecule has 5 heterocycles. The summed E-state index contributed by atoms with van der Waals surface area (Å²) in [4.78, 5) is 47.7. The largest absolute Gasteiger partial charge is 0.493 e. The van der Waals surface area contributed by atoms with E-state index in [1.807, 2.05) is 0 Å². The number of para-hydroxylation sites is 1.